The molecule has 2 N–H and O–H groups in total. The number of nitrogens with zero attached hydrogens (tertiary/aromatic N) is 2. The van der Waals surface area contributed by atoms with Gasteiger partial charge in [-0.15, -0.1) is 0 Å². The number of ether oxygens (including phenoxy) is 2. The summed E-state index contributed by atoms with van der Waals surface area (Å²) in [5.41, 5.74) is -0.734. The molecule has 0 saturated heterocycles. The van der Waals surface area contributed by atoms with Crippen LogP contribution < -0.4 is 14.8 Å². The van der Waals surface area contributed by atoms with Gasteiger partial charge in [0, 0.05) is 12.6 Å². The third kappa shape index (κ3) is 5.47. The minimum atomic E-state index is -1.19. The van der Waals surface area contributed by atoms with E-state index in [2.05, 4.69) is 10.4 Å². The molecule has 0 aliphatic heterocycles. The predicted octanol–water partition coefficient (Wildman–Crippen LogP) is 2.90. The van der Waals surface area contributed by atoms with Crippen molar-refractivity contribution in [1.29, 1.82) is 0 Å². The van der Waals surface area contributed by atoms with E-state index in [9.17, 15) is 14.7 Å². The highest BCUT2D eigenvalue weighted by molar-refractivity contribution is 5.90. The van der Waals surface area contributed by atoms with Gasteiger partial charge in [-0.3, -0.25) is 9.48 Å². The van der Waals surface area contributed by atoms with Gasteiger partial charge in [0.1, 0.15) is 0 Å². The van der Waals surface area contributed by atoms with Gasteiger partial charge >= 0.3 is 5.97 Å². The summed E-state index contributed by atoms with van der Waals surface area (Å²) in [6, 6.07) is 7.39. The molecule has 146 valence electrons. The maximum absolute atomic E-state index is 12.0. The lowest BCUT2D eigenvalue weighted by Crippen LogP contribution is -2.35. The van der Waals surface area contributed by atoms with Crippen LogP contribution in [-0.4, -0.2) is 40.0 Å². The van der Waals surface area contributed by atoms with Crippen LogP contribution in [0.1, 0.15) is 33.6 Å². The molecular weight excluding hydrogens is 350 g/mol. The normalized spacial score (nSPS) is 11.1. The molecule has 1 heterocycles. The van der Waals surface area contributed by atoms with Gasteiger partial charge in [0.25, 0.3) is 0 Å². The summed E-state index contributed by atoms with van der Waals surface area (Å²) >= 11 is 0. The molecule has 0 radical (unpaired) electrons. The summed E-state index contributed by atoms with van der Waals surface area (Å²) in [5.74, 6) is 0.132. The lowest BCUT2D eigenvalue weighted by molar-refractivity contribution is -0.146. The summed E-state index contributed by atoms with van der Waals surface area (Å²) in [6.07, 6.45) is 3.73. The summed E-state index contributed by atoms with van der Waals surface area (Å²) < 4.78 is 12.5. The molecule has 1 amide bonds. The van der Waals surface area contributed by atoms with E-state index in [-0.39, 0.29) is 12.3 Å². The number of carbonyl (C=O) groups is 2. The smallest absolute Gasteiger partial charge is 0.331 e. The van der Waals surface area contributed by atoms with Crippen LogP contribution in [0.4, 0.5) is 5.69 Å². The van der Waals surface area contributed by atoms with Gasteiger partial charge in [-0.05, 0) is 39.3 Å². The van der Waals surface area contributed by atoms with Crippen molar-refractivity contribution in [3.05, 3.63) is 36.7 Å². The number of nitrogens with one attached hydrogen (secondary N) is 1. The van der Waals surface area contributed by atoms with Gasteiger partial charge < -0.3 is 19.9 Å². The van der Waals surface area contributed by atoms with Crippen LogP contribution in [0.25, 0.3) is 0 Å². The summed E-state index contributed by atoms with van der Waals surface area (Å²) in [4.78, 5) is 23.3. The Balaban J connectivity index is 1.79. The number of hydrogen-bond donors (Lipinski definition) is 2. The molecule has 2 aromatic rings. The zero-order valence-electron chi connectivity index (χ0n) is 15.8. The predicted molar refractivity (Wildman–Crippen MR) is 100 cm³/mol. The molecule has 0 unspecified atom stereocenters. The number of aliphatic carboxylic acids is 1. The molecule has 0 saturated carbocycles. The fraction of sp³-hybridized carbons (Fsp3) is 0.421. The summed E-state index contributed by atoms with van der Waals surface area (Å²) in [7, 11) is 0. The summed E-state index contributed by atoms with van der Waals surface area (Å²) in [6.45, 7) is 5.90. The molecule has 0 fully saturated rings. The van der Waals surface area contributed by atoms with Gasteiger partial charge in [0.05, 0.1) is 25.1 Å². The first-order chi connectivity index (χ1) is 12.8. The Hall–Kier alpha value is -3.03. The Kier molecular flexibility index (Phi) is 6.81. The molecule has 1 aromatic carbocycles. The number of anilines is 1. The molecule has 0 aliphatic rings. The number of hydrogen-bond acceptors (Lipinski definition) is 5. The van der Waals surface area contributed by atoms with Gasteiger partial charge in [-0.2, -0.15) is 5.10 Å². The number of benzene rings is 1. The minimum Gasteiger partial charge on any atom is -0.490 e. The Labute approximate surface area is 158 Å². The van der Waals surface area contributed by atoms with Crippen LogP contribution in [0.15, 0.2) is 36.7 Å². The van der Waals surface area contributed by atoms with E-state index in [4.69, 9.17) is 9.47 Å². The van der Waals surface area contributed by atoms with E-state index in [1.54, 1.807) is 0 Å². The van der Waals surface area contributed by atoms with Crippen molar-refractivity contribution in [3.8, 4) is 11.5 Å². The van der Waals surface area contributed by atoms with Crippen molar-refractivity contribution in [3.63, 3.8) is 0 Å². The number of aromatic nitrogens is 2. The number of amides is 1. The Morgan fingerprint density at radius 3 is 2.52 bits per heavy atom. The molecule has 0 aliphatic carbocycles. The number of rotatable bonds is 10. The van der Waals surface area contributed by atoms with E-state index >= 15 is 0 Å². The van der Waals surface area contributed by atoms with Gasteiger partial charge in [-0.1, -0.05) is 12.1 Å². The third-order valence-electron chi connectivity index (χ3n) is 3.92. The zero-order chi connectivity index (χ0) is 19.9. The first kappa shape index (κ1) is 20.3. The van der Waals surface area contributed by atoms with E-state index in [0.717, 1.165) is 0 Å². The quantitative estimate of drug-likeness (QED) is 0.619. The molecule has 1 aromatic heterocycles. The Bertz CT molecular complexity index is 785. The van der Waals surface area contributed by atoms with Crippen LogP contribution in [0.3, 0.4) is 0 Å². The molecule has 0 bridgehead atoms. The average molecular weight is 375 g/mol. The fourth-order valence-electron chi connectivity index (χ4n) is 2.27. The lowest BCUT2D eigenvalue weighted by atomic mass is 10.1. The van der Waals surface area contributed by atoms with Crippen molar-refractivity contribution in [1.82, 2.24) is 9.78 Å². The number of para-hydroxylation sites is 2. The molecular formula is C19H25N3O5. The first-order valence-corrected chi connectivity index (χ1v) is 8.77. The second-order valence-corrected chi connectivity index (χ2v) is 6.42. The fourth-order valence-corrected chi connectivity index (χ4v) is 2.27. The molecule has 8 nitrogen and oxygen atoms in total. The first-order valence-electron chi connectivity index (χ1n) is 8.77. The maximum Gasteiger partial charge on any atom is 0.331 e. The minimum absolute atomic E-state index is 0.190. The molecule has 2 rings (SSSR count). The zero-order valence-corrected chi connectivity index (χ0v) is 15.8. The molecule has 8 heteroatoms. The largest absolute Gasteiger partial charge is 0.490 e. The Morgan fingerprint density at radius 2 is 1.89 bits per heavy atom. The van der Waals surface area contributed by atoms with Crippen molar-refractivity contribution in [2.75, 3.05) is 18.5 Å². The highest BCUT2D eigenvalue weighted by Crippen LogP contribution is 2.26. The third-order valence-corrected chi connectivity index (χ3v) is 3.92. The van der Waals surface area contributed by atoms with Gasteiger partial charge in [0.2, 0.25) is 5.91 Å². The molecule has 0 atom stereocenters. The maximum atomic E-state index is 12.0. The van der Waals surface area contributed by atoms with Gasteiger partial charge in [-0.25, -0.2) is 4.79 Å². The second-order valence-electron chi connectivity index (χ2n) is 6.42. The van der Waals surface area contributed by atoms with Crippen molar-refractivity contribution in [2.45, 2.75) is 39.2 Å². The average Bonchev–Trinajstić information content (AvgIpc) is 3.09. The van der Waals surface area contributed by atoms with E-state index in [1.165, 1.54) is 30.9 Å². The number of carbonyl (C=O) groups excluding carboxylic acids is 1. The number of carboxylic acids is 1. The van der Waals surface area contributed by atoms with Crippen LogP contribution in [-0.2, 0) is 15.1 Å². The molecule has 0 spiro atoms. The highest BCUT2D eigenvalue weighted by Gasteiger charge is 2.30. The highest BCUT2D eigenvalue weighted by atomic mass is 16.5. The van der Waals surface area contributed by atoms with Crippen molar-refractivity contribution < 1.29 is 24.2 Å². The van der Waals surface area contributed by atoms with Crippen molar-refractivity contribution >= 4 is 17.6 Å². The van der Waals surface area contributed by atoms with Crippen LogP contribution in [0.5, 0.6) is 11.5 Å². The van der Waals surface area contributed by atoms with Crippen molar-refractivity contribution in [2.24, 2.45) is 0 Å². The van der Waals surface area contributed by atoms with Crippen LogP contribution in [0.2, 0.25) is 0 Å². The monoisotopic (exact) mass is 375 g/mol. The Morgan fingerprint density at radius 1 is 1.22 bits per heavy atom. The molecule has 27 heavy (non-hydrogen) atoms. The standard InChI is InChI=1S/C19H25N3O5/c1-4-26-15-8-5-6-9-16(15)27-11-7-10-17(23)21-14-12-20-22(13-14)19(2,3)18(24)25/h5-6,8-9,12-13H,4,7,10-11H2,1-3H3,(H,21,23)(H,24,25). The van der Waals surface area contributed by atoms with Crippen LogP contribution >= 0.6 is 0 Å². The van der Waals surface area contributed by atoms with E-state index in [1.807, 2.05) is 31.2 Å². The van der Waals surface area contributed by atoms with E-state index < -0.39 is 11.5 Å². The van der Waals surface area contributed by atoms with Gasteiger partial charge in [0.15, 0.2) is 17.0 Å². The van der Waals surface area contributed by atoms with E-state index in [0.29, 0.717) is 36.8 Å². The lowest BCUT2D eigenvalue weighted by Gasteiger charge is -2.19. The van der Waals surface area contributed by atoms with Crippen LogP contribution in [0, 0.1) is 0 Å². The summed E-state index contributed by atoms with van der Waals surface area (Å²) in [5, 5.41) is 15.9. The topological polar surface area (TPSA) is 103 Å². The SMILES string of the molecule is CCOc1ccccc1OCCCC(=O)Nc1cnn(C(C)(C)C(=O)O)c1. The second kappa shape index (κ2) is 9.07. The number of carboxylic acid groups (broad SMARTS) is 1.